The summed E-state index contributed by atoms with van der Waals surface area (Å²) in [6.45, 7) is 2.48. The number of benzene rings is 2. The molecule has 0 aliphatic carbocycles. The number of aryl methyl sites for hydroxylation is 1. The molecule has 2 aromatic carbocycles. The van der Waals surface area contributed by atoms with Crippen molar-refractivity contribution in [2.45, 2.75) is 37.1 Å². The van der Waals surface area contributed by atoms with Crippen LogP contribution in [0.2, 0.25) is 0 Å². The van der Waals surface area contributed by atoms with E-state index in [9.17, 15) is 8.42 Å². The molecule has 0 saturated carbocycles. The molecule has 0 spiro atoms. The number of piperidine rings is 1. The molecule has 6 heteroatoms. The predicted molar refractivity (Wildman–Crippen MR) is 120 cm³/mol. The largest absolute Gasteiger partial charge is 0.329 e. The lowest BCUT2D eigenvalue weighted by Gasteiger charge is -2.36. The fourth-order valence-corrected chi connectivity index (χ4v) is 5.75. The molecule has 1 fully saturated rings. The van der Waals surface area contributed by atoms with Gasteiger partial charge in [0.05, 0.1) is 10.9 Å². The van der Waals surface area contributed by atoms with E-state index >= 15 is 0 Å². The van der Waals surface area contributed by atoms with Gasteiger partial charge in [-0.2, -0.15) is 4.31 Å². The van der Waals surface area contributed by atoms with E-state index < -0.39 is 10.0 Å². The van der Waals surface area contributed by atoms with Crippen molar-refractivity contribution in [3.63, 3.8) is 0 Å². The first kappa shape index (κ1) is 20.6. The predicted octanol–water partition coefficient (Wildman–Crippen LogP) is 5.07. The normalized spacial score (nSPS) is 17.6. The molecular formula is C24H27N3O2S. The highest BCUT2D eigenvalue weighted by molar-refractivity contribution is 7.89. The quantitative estimate of drug-likeness (QED) is 0.577. The summed E-state index contributed by atoms with van der Waals surface area (Å²) in [5, 5.41) is 0. The molecule has 1 aromatic heterocycles. The van der Waals surface area contributed by atoms with Gasteiger partial charge >= 0.3 is 0 Å². The Hall–Kier alpha value is -2.70. The van der Waals surface area contributed by atoms with Crippen LogP contribution in [0.5, 0.6) is 0 Å². The molecule has 2 heterocycles. The van der Waals surface area contributed by atoms with Crippen molar-refractivity contribution in [1.29, 1.82) is 0 Å². The Bertz CT molecular complexity index is 1100. The second kappa shape index (κ2) is 8.58. The van der Waals surface area contributed by atoms with Crippen molar-refractivity contribution in [3.8, 4) is 0 Å². The van der Waals surface area contributed by atoms with E-state index in [1.54, 1.807) is 22.6 Å². The van der Waals surface area contributed by atoms with E-state index in [0.717, 1.165) is 41.9 Å². The van der Waals surface area contributed by atoms with Gasteiger partial charge in [0.15, 0.2) is 0 Å². The molecule has 3 aromatic rings. The van der Waals surface area contributed by atoms with Crippen LogP contribution in [0.4, 0.5) is 11.5 Å². The number of rotatable bonds is 5. The van der Waals surface area contributed by atoms with Crippen LogP contribution >= 0.6 is 0 Å². The first-order valence-electron chi connectivity index (χ1n) is 10.3. The molecule has 4 rings (SSSR count). The van der Waals surface area contributed by atoms with Gasteiger partial charge in [-0.1, -0.05) is 48.4 Å². The standard InChI is InChI=1S/C24H27N3O2S/c1-19-13-15-21(16-14-19)30(28,29)27-18-7-6-12-23(27)22-11-8-17-25-24(22)26(2)20-9-4-3-5-10-20/h3-5,8-11,13-17,23H,6-7,12,18H2,1-2H3. The second-order valence-corrected chi connectivity index (χ2v) is 9.64. The minimum Gasteiger partial charge on any atom is -0.329 e. The zero-order valence-corrected chi connectivity index (χ0v) is 18.2. The Kier molecular flexibility index (Phi) is 5.88. The maximum absolute atomic E-state index is 13.5. The van der Waals surface area contributed by atoms with Crippen molar-refractivity contribution in [3.05, 3.63) is 84.1 Å². The van der Waals surface area contributed by atoms with Gasteiger partial charge in [0, 0.05) is 31.0 Å². The Morgan fingerprint density at radius 2 is 1.70 bits per heavy atom. The first-order chi connectivity index (χ1) is 14.5. The molecule has 30 heavy (non-hydrogen) atoms. The highest BCUT2D eigenvalue weighted by Gasteiger charge is 2.36. The zero-order valence-electron chi connectivity index (χ0n) is 17.4. The smallest absolute Gasteiger partial charge is 0.243 e. The van der Waals surface area contributed by atoms with Crippen LogP contribution in [0.3, 0.4) is 0 Å². The highest BCUT2D eigenvalue weighted by atomic mass is 32.2. The van der Waals surface area contributed by atoms with Gasteiger partial charge in [0.25, 0.3) is 0 Å². The van der Waals surface area contributed by atoms with E-state index in [1.165, 1.54) is 0 Å². The SMILES string of the molecule is Cc1ccc(S(=O)(=O)N2CCCCC2c2cccnc2N(C)c2ccccc2)cc1. The minimum atomic E-state index is -3.60. The lowest BCUT2D eigenvalue weighted by molar-refractivity contribution is 0.256. The summed E-state index contributed by atoms with van der Waals surface area (Å²) < 4.78 is 28.7. The van der Waals surface area contributed by atoms with Crippen LogP contribution in [-0.2, 0) is 10.0 Å². The molecular weight excluding hydrogens is 394 g/mol. The maximum Gasteiger partial charge on any atom is 0.243 e. The lowest BCUT2D eigenvalue weighted by Crippen LogP contribution is -2.39. The van der Waals surface area contributed by atoms with Gasteiger partial charge in [-0.3, -0.25) is 0 Å². The maximum atomic E-state index is 13.5. The molecule has 0 radical (unpaired) electrons. The van der Waals surface area contributed by atoms with E-state index in [4.69, 9.17) is 0 Å². The summed E-state index contributed by atoms with van der Waals surface area (Å²) in [6.07, 6.45) is 4.41. The van der Waals surface area contributed by atoms with Crippen LogP contribution in [0.25, 0.3) is 0 Å². The highest BCUT2D eigenvalue weighted by Crippen LogP contribution is 2.39. The molecule has 0 bridgehead atoms. The summed E-state index contributed by atoms with van der Waals surface area (Å²) >= 11 is 0. The van der Waals surface area contributed by atoms with Gasteiger partial charge in [0.1, 0.15) is 5.82 Å². The molecule has 1 atom stereocenters. The number of nitrogens with zero attached hydrogens (tertiary/aromatic N) is 3. The van der Waals surface area contributed by atoms with E-state index in [2.05, 4.69) is 4.98 Å². The Morgan fingerprint density at radius 3 is 2.43 bits per heavy atom. The molecule has 5 nitrogen and oxygen atoms in total. The fourth-order valence-electron chi connectivity index (χ4n) is 4.07. The van der Waals surface area contributed by atoms with Crippen LogP contribution in [0.15, 0.2) is 77.8 Å². The van der Waals surface area contributed by atoms with Crippen LogP contribution < -0.4 is 4.90 Å². The number of pyridine rings is 1. The van der Waals surface area contributed by atoms with Gasteiger partial charge in [-0.25, -0.2) is 13.4 Å². The number of hydrogen-bond acceptors (Lipinski definition) is 4. The van der Waals surface area contributed by atoms with Crippen molar-refractivity contribution in [2.24, 2.45) is 0 Å². The monoisotopic (exact) mass is 421 g/mol. The van der Waals surface area contributed by atoms with Crippen LogP contribution in [0.1, 0.15) is 36.4 Å². The third kappa shape index (κ3) is 3.98. The summed E-state index contributed by atoms with van der Waals surface area (Å²) in [5.41, 5.74) is 3.00. The average molecular weight is 422 g/mol. The summed E-state index contributed by atoms with van der Waals surface area (Å²) in [6, 6.07) is 20.8. The number of para-hydroxylation sites is 1. The molecule has 1 aliphatic heterocycles. The van der Waals surface area contributed by atoms with Crippen molar-refractivity contribution >= 4 is 21.5 Å². The second-order valence-electron chi connectivity index (χ2n) is 7.75. The van der Waals surface area contributed by atoms with E-state index in [0.29, 0.717) is 11.4 Å². The Labute approximate surface area is 179 Å². The van der Waals surface area contributed by atoms with Crippen molar-refractivity contribution in [1.82, 2.24) is 9.29 Å². The van der Waals surface area contributed by atoms with Gasteiger partial charge < -0.3 is 4.90 Å². The molecule has 1 unspecified atom stereocenters. The fraction of sp³-hybridized carbons (Fsp3) is 0.292. The van der Waals surface area contributed by atoms with Gasteiger partial charge in [-0.05, 0) is 50.1 Å². The number of sulfonamides is 1. The van der Waals surface area contributed by atoms with E-state index in [-0.39, 0.29) is 6.04 Å². The number of aromatic nitrogens is 1. The lowest BCUT2D eigenvalue weighted by atomic mass is 9.97. The number of anilines is 2. The molecule has 1 saturated heterocycles. The van der Waals surface area contributed by atoms with Crippen LogP contribution in [0, 0.1) is 6.92 Å². The summed E-state index contributed by atoms with van der Waals surface area (Å²) in [4.78, 5) is 7.01. The summed E-state index contributed by atoms with van der Waals surface area (Å²) in [7, 11) is -1.62. The molecule has 0 amide bonds. The zero-order chi connectivity index (χ0) is 21.1. The Morgan fingerprint density at radius 1 is 0.967 bits per heavy atom. The third-order valence-corrected chi connectivity index (χ3v) is 7.64. The molecule has 0 N–H and O–H groups in total. The van der Waals surface area contributed by atoms with Crippen molar-refractivity contribution < 1.29 is 8.42 Å². The third-order valence-electron chi connectivity index (χ3n) is 5.72. The first-order valence-corrected chi connectivity index (χ1v) is 11.7. The van der Waals surface area contributed by atoms with Gasteiger partial charge in [-0.15, -0.1) is 0 Å². The number of hydrogen-bond donors (Lipinski definition) is 0. The Balaban J connectivity index is 1.75. The van der Waals surface area contributed by atoms with Crippen molar-refractivity contribution in [2.75, 3.05) is 18.5 Å². The summed E-state index contributed by atoms with van der Waals surface area (Å²) in [5.74, 6) is 0.791. The average Bonchev–Trinajstić information content (AvgIpc) is 2.79. The van der Waals surface area contributed by atoms with E-state index in [1.807, 2.05) is 73.5 Å². The molecule has 156 valence electrons. The molecule has 1 aliphatic rings. The minimum absolute atomic E-state index is 0.236. The van der Waals surface area contributed by atoms with Crippen LogP contribution in [-0.4, -0.2) is 31.3 Å². The van der Waals surface area contributed by atoms with Gasteiger partial charge in [0.2, 0.25) is 10.0 Å². The topological polar surface area (TPSA) is 53.5 Å².